The van der Waals surface area contributed by atoms with Crippen molar-refractivity contribution >= 4 is 5.97 Å². The van der Waals surface area contributed by atoms with E-state index < -0.39 is 11.6 Å². The van der Waals surface area contributed by atoms with Gasteiger partial charge < -0.3 is 19.7 Å². The first-order chi connectivity index (χ1) is 13.1. The Morgan fingerprint density at radius 1 is 1.32 bits per heavy atom. The van der Waals surface area contributed by atoms with Crippen LogP contribution in [0, 0.1) is 11.8 Å². The first-order valence-corrected chi connectivity index (χ1v) is 9.78. The molecule has 0 bridgehead atoms. The number of allylic oxidation sites excluding steroid dienone is 1. The van der Waals surface area contributed by atoms with Gasteiger partial charge in [0.15, 0.2) is 11.5 Å². The van der Waals surface area contributed by atoms with Gasteiger partial charge >= 0.3 is 5.97 Å². The third kappa shape index (κ3) is 5.86. The smallest absolute Gasteiger partial charge is 0.338 e. The van der Waals surface area contributed by atoms with E-state index in [0.717, 1.165) is 12.0 Å². The van der Waals surface area contributed by atoms with E-state index in [9.17, 15) is 15.0 Å². The quantitative estimate of drug-likeness (QED) is 0.581. The van der Waals surface area contributed by atoms with Gasteiger partial charge in [-0.25, -0.2) is 4.79 Å². The number of rotatable bonds is 4. The third-order valence-electron chi connectivity index (χ3n) is 5.22. The summed E-state index contributed by atoms with van der Waals surface area (Å²) in [5.41, 5.74) is 0.574. The van der Waals surface area contributed by atoms with Crippen molar-refractivity contribution in [3.05, 3.63) is 47.6 Å². The molecule has 0 aliphatic heterocycles. The van der Waals surface area contributed by atoms with Crippen LogP contribution in [0.3, 0.4) is 0 Å². The Labute approximate surface area is 167 Å². The van der Waals surface area contributed by atoms with Crippen LogP contribution in [0.2, 0.25) is 0 Å². The summed E-state index contributed by atoms with van der Waals surface area (Å²) in [6.45, 7) is 8.00. The molecule has 5 nitrogen and oxygen atoms in total. The highest BCUT2D eigenvalue weighted by atomic mass is 16.5. The monoisotopic (exact) mass is 388 g/mol. The van der Waals surface area contributed by atoms with E-state index in [1.807, 2.05) is 19.1 Å². The summed E-state index contributed by atoms with van der Waals surface area (Å²) in [7, 11) is 1.44. The third-order valence-corrected chi connectivity index (χ3v) is 5.22. The summed E-state index contributed by atoms with van der Waals surface area (Å²) in [6, 6.07) is 4.42. The van der Waals surface area contributed by atoms with Gasteiger partial charge in [0.2, 0.25) is 0 Å². The van der Waals surface area contributed by atoms with Gasteiger partial charge in [-0.3, -0.25) is 0 Å². The summed E-state index contributed by atoms with van der Waals surface area (Å²) < 4.78 is 11.0. The zero-order chi connectivity index (χ0) is 20.9. The molecule has 0 amide bonds. The Morgan fingerprint density at radius 3 is 2.68 bits per heavy atom. The number of aliphatic hydroxyl groups is 1. The van der Waals surface area contributed by atoms with Crippen LogP contribution in [0.4, 0.5) is 0 Å². The van der Waals surface area contributed by atoms with Crippen molar-refractivity contribution in [2.75, 3.05) is 7.11 Å². The van der Waals surface area contributed by atoms with Crippen molar-refractivity contribution in [1.82, 2.24) is 0 Å². The Hall–Kier alpha value is -2.27. The molecule has 154 valence electrons. The number of carbonyl (C=O) groups is 1. The molecule has 5 heteroatoms. The molecule has 0 radical (unpaired) electrons. The van der Waals surface area contributed by atoms with Gasteiger partial charge in [-0.05, 0) is 50.8 Å². The highest BCUT2D eigenvalue weighted by Gasteiger charge is 2.29. The van der Waals surface area contributed by atoms with Crippen LogP contribution < -0.4 is 4.74 Å². The van der Waals surface area contributed by atoms with E-state index in [1.54, 1.807) is 6.92 Å². The number of methoxy groups -OCH3 is 1. The number of phenols is 1. The van der Waals surface area contributed by atoms with Gasteiger partial charge in [-0.15, -0.1) is 0 Å². The molecule has 1 aromatic carbocycles. The molecule has 2 rings (SSSR count). The Morgan fingerprint density at radius 2 is 2.04 bits per heavy atom. The number of aromatic hydroxyl groups is 1. The van der Waals surface area contributed by atoms with Crippen molar-refractivity contribution in [2.24, 2.45) is 11.8 Å². The van der Waals surface area contributed by atoms with Crippen molar-refractivity contribution in [1.29, 1.82) is 0 Å². The minimum Gasteiger partial charge on any atom is -0.504 e. The fraction of sp³-hybridized carbons (Fsp3) is 0.522. The minimum absolute atomic E-state index is 0.0262. The molecule has 0 unspecified atom stereocenters. The average Bonchev–Trinajstić information content (AvgIpc) is 2.60. The van der Waals surface area contributed by atoms with Gasteiger partial charge in [0, 0.05) is 12.3 Å². The Bertz CT molecular complexity index is 745. The Balaban J connectivity index is 2.32. The molecule has 0 aromatic heterocycles. The SMILES string of the molecule is COc1cc(C(=O)O[C@H]2CC(C)=CCC[C@@](C)(O)C=C[C@@H]2C(C)C)ccc1O. The second kappa shape index (κ2) is 9.28. The number of hydrogen-bond donors (Lipinski definition) is 2. The highest BCUT2D eigenvalue weighted by Crippen LogP contribution is 2.31. The molecule has 1 aliphatic carbocycles. The minimum atomic E-state index is -0.889. The van der Waals surface area contributed by atoms with E-state index >= 15 is 0 Å². The van der Waals surface area contributed by atoms with Gasteiger partial charge in [0.25, 0.3) is 0 Å². The molecule has 1 aromatic rings. The maximum atomic E-state index is 12.8. The van der Waals surface area contributed by atoms with E-state index in [2.05, 4.69) is 19.9 Å². The molecular formula is C23H32O5. The van der Waals surface area contributed by atoms with Crippen LogP contribution in [0.1, 0.15) is 57.3 Å². The zero-order valence-electron chi connectivity index (χ0n) is 17.4. The van der Waals surface area contributed by atoms with Crippen molar-refractivity contribution in [3.8, 4) is 11.5 Å². The standard InChI is InChI=1S/C23H32O5/c1-15(2)18-10-12-23(4,26)11-6-7-16(3)13-20(18)28-22(25)17-8-9-19(24)21(14-17)27-5/h7-10,12,14-15,18,20,24,26H,6,11,13H2,1-5H3/t18-,20+,23-/m1/s1. The van der Waals surface area contributed by atoms with Crippen molar-refractivity contribution < 1.29 is 24.5 Å². The molecule has 0 fully saturated rings. The van der Waals surface area contributed by atoms with Crippen LogP contribution in [0.25, 0.3) is 0 Å². The lowest BCUT2D eigenvalue weighted by Crippen LogP contribution is -2.31. The summed E-state index contributed by atoms with van der Waals surface area (Å²) in [6.07, 6.45) is 7.63. The molecule has 3 atom stereocenters. The summed E-state index contributed by atoms with van der Waals surface area (Å²) in [5, 5.41) is 20.3. The van der Waals surface area contributed by atoms with Gasteiger partial charge in [-0.1, -0.05) is 37.6 Å². The van der Waals surface area contributed by atoms with Crippen LogP contribution >= 0.6 is 0 Å². The lowest BCUT2D eigenvalue weighted by atomic mass is 9.83. The molecule has 0 spiro atoms. The Kier molecular flexibility index (Phi) is 7.30. The van der Waals surface area contributed by atoms with Gasteiger partial charge in [-0.2, -0.15) is 0 Å². The van der Waals surface area contributed by atoms with Gasteiger partial charge in [0.05, 0.1) is 18.3 Å². The highest BCUT2D eigenvalue weighted by molar-refractivity contribution is 5.90. The molecule has 28 heavy (non-hydrogen) atoms. The van der Waals surface area contributed by atoms with Crippen LogP contribution in [-0.4, -0.2) is 35.0 Å². The lowest BCUT2D eigenvalue weighted by molar-refractivity contribution is 0.0139. The maximum absolute atomic E-state index is 12.8. The fourth-order valence-corrected chi connectivity index (χ4v) is 3.46. The molecular weight excluding hydrogens is 356 g/mol. The van der Waals surface area contributed by atoms with E-state index in [-0.39, 0.29) is 29.4 Å². The summed E-state index contributed by atoms with van der Waals surface area (Å²) in [5.74, 6) is -0.0594. The average molecular weight is 389 g/mol. The molecule has 0 heterocycles. The maximum Gasteiger partial charge on any atom is 0.338 e. The topological polar surface area (TPSA) is 76.0 Å². The second-order valence-electron chi connectivity index (χ2n) is 8.16. The first-order valence-electron chi connectivity index (χ1n) is 9.78. The second-order valence-corrected chi connectivity index (χ2v) is 8.16. The number of benzene rings is 1. The van der Waals surface area contributed by atoms with E-state index in [1.165, 1.54) is 25.3 Å². The van der Waals surface area contributed by atoms with Crippen LogP contribution in [0.5, 0.6) is 11.5 Å². The van der Waals surface area contributed by atoms with E-state index in [0.29, 0.717) is 18.4 Å². The van der Waals surface area contributed by atoms with Crippen molar-refractivity contribution in [3.63, 3.8) is 0 Å². The summed E-state index contributed by atoms with van der Waals surface area (Å²) >= 11 is 0. The summed E-state index contributed by atoms with van der Waals surface area (Å²) in [4.78, 5) is 12.8. The molecule has 0 saturated carbocycles. The van der Waals surface area contributed by atoms with Gasteiger partial charge in [0.1, 0.15) is 6.10 Å². The number of phenolic OH excluding ortho intramolecular Hbond substituents is 1. The fourth-order valence-electron chi connectivity index (χ4n) is 3.46. The number of carbonyl (C=O) groups excluding carboxylic acids is 1. The predicted molar refractivity (Wildman–Crippen MR) is 110 cm³/mol. The lowest BCUT2D eigenvalue weighted by Gasteiger charge is -2.30. The first kappa shape index (κ1) is 22.0. The van der Waals surface area contributed by atoms with Crippen LogP contribution in [0.15, 0.2) is 42.0 Å². The number of hydrogen-bond acceptors (Lipinski definition) is 5. The largest absolute Gasteiger partial charge is 0.504 e. The normalized spacial score (nSPS) is 25.9. The number of esters is 1. The molecule has 1 aliphatic rings. The zero-order valence-corrected chi connectivity index (χ0v) is 17.4. The molecule has 2 N–H and O–H groups in total. The van der Waals surface area contributed by atoms with Crippen molar-refractivity contribution in [2.45, 2.75) is 58.7 Å². The molecule has 0 saturated heterocycles. The van der Waals surface area contributed by atoms with E-state index in [4.69, 9.17) is 9.47 Å². The van der Waals surface area contributed by atoms with Crippen LogP contribution in [-0.2, 0) is 4.74 Å². The number of ether oxygens (including phenoxy) is 2. The predicted octanol–water partition coefficient (Wildman–Crippen LogP) is 4.64.